The normalized spacial score (nSPS) is 21.3. The third-order valence-corrected chi connectivity index (χ3v) is 5.96. The number of nitrogens with zero attached hydrogens (tertiary/aromatic N) is 3. The van der Waals surface area contributed by atoms with Crippen LogP contribution < -0.4 is 4.74 Å². The fourth-order valence-corrected chi connectivity index (χ4v) is 4.22. The molecular formula is C24H28FN3O4. The SMILES string of the molecule is Cc1cccc(C(=O)N2CC[C@H](Oc3ccc(F)cc3)[C@@H](CC(=O)N3CCOCC3)C2)n1. The van der Waals surface area contributed by atoms with Gasteiger partial charge in [0.1, 0.15) is 23.4 Å². The minimum atomic E-state index is -0.331. The van der Waals surface area contributed by atoms with Crippen molar-refractivity contribution in [1.29, 1.82) is 0 Å². The quantitative estimate of drug-likeness (QED) is 0.714. The van der Waals surface area contributed by atoms with Crippen molar-refractivity contribution in [2.45, 2.75) is 25.9 Å². The number of pyridine rings is 1. The number of benzene rings is 1. The molecule has 2 fully saturated rings. The number of halogens is 1. The van der Waals surface area contributed by atoms with Gasteiger partial charge in [-0.1, -0.05) is 6.07 Å². The molecule has 0 bridgehead atoms. The molecule has 0 N–H and O–H groups in total. The summed E-state index contributed by atoms with van der Waals surface area (Å²) in [6.07, 6.45) is 0.604. The van der Waals surface area contributed by atoms with Crippen molar-refractivity contribution in [3.63, 3.8) is 0 Å². The van der Waals surface area contributed by atoms with Crippen molar-refractivity contribution < 1.29 is 23.5 Å². The van der Waals surface area contributed by atoms with Crippen LogP contribution in [0.4, 0.5) is 4.39 Å². The summed E-state index contributed by atoms with van der Waals surface area (Å²) < 4.78 is 24.8. The van der Waals surface area contributed by atoms with Crippen LogP contribution in [0.3, 0.4) is 0 Å². The summed E-state index contributed by atoms with van der Waals surface area (Å²) in [5.74, 6) is -0.0625. The van der Waals surface area contributed by atoms with Gasteiger partial charge < -0.3 is 19.3 Å². The van der Waals surface area contributed by atoms with Crippen LogP contribution in [0, 0.1) is 18.7 Å². The van der Waals surface area contributed by atoms with Crippen LogP contribution in [-0.2, 0) is 9.53 Å². The molecule has 8 heteroatoms. The van der Waals surface area contributed by atoms with E-state index in [0.29, 0.717) is 57.3 Å². The minimum absolute atomic E-state index is 0.0361. The number of carbonyl (C=O) groups is 2. The van der Waals surface area contributed by atoms with E-state index in [1.807, 2.05) is 19.1 Å². The second-order valence-electron chi connectivity index (χ2n) is 8.27. The zero-order chi connectivity index (χ0) is 22.5. The summed E-state index contributed by atoms with van der Waals surface area (Å²) in [4.78, 5) is 33.9. The first kappa shape index (κ1) is 22.2. The van der Waals surface area contributed by atoms with Gasteiger partial charge in [0, 0.05) is 50.6 Å². The van der Waals surface area contributed by atoms with Crippen LogP contribution in [0.25, 0.3) is 0 Å². The smallest absolute Gasteiger partial charge is 0.272 e. The molecule has 1 aromatic heterocycles. The predicted octanol–water partition coefficient (Wildman–Crippen LogP) is 2.69. The second kappa shape index (κ2) is 10.1. The number of likely N-dealkylation sites (tertiary alicyclic amines) is 1. The van der Waals surface area contributed by atoms with Crippen LogP contribution >= 0.6 is 0 Å². The van der Waals surface area contributed by atoms with E-state index in [0.717, 1.165) is 5.69 Å². The summed E-state index contributed by atoms with van der Waals surface area (Å²) in [7, 11) is 0. The van der Waals surface area contributed by atoms with Crippen LogP contribution in [0.1, 0.15) is 29.0 Å². The molecule has 32 heavy (non-hydrogen) atoms. The number of hydrogen-bond acceptors (Lipinski definition) is 5. The van der Waals surface area contributed by atoms with Gasteiger partial charge in [0.15, 0.2) is 0 Å². The van der Waals surface area contributed by atoms with Crippen molar-refractivity contribution in [1.82, 2.24) is 14.8 Å². The van der Waals surface area contributed by atoms with Gasteiger partial charge in [-0.05, 0) is 43.3 Å². The monoisotopic (exact) mass is 441 g/mol. The lowest BCUT2D eigenvalue weighted by Gasteiger charge is -2.39. The maximum atomic E-state index is 13.3. The zero-order valence-corrected chi connectivity index (χ0v) is 18.2. The van der Waals surface area contributed by atoms with E-state index in [1.165, 1.54) is 12.1 Å². The van der Waals surface area contributed by atoms with E-state index in [-0.39, 0.29) is 36.1 Å². The molecule has 4 rings (SSSR count). The standard InChI is InChI=1S/C24H28FN3O4/c1-17-3-2-4-21(26-17)24(30)28-10-9-22(32-20-7-5-19(25)6-8-20)18(16-28)15-23(29)27-11-13-31-14-12-27/h2-8,18,22H,9-16H2,1H3/t18-,22-/m0/s1. The van der Waals surface area contributed by atoms with Crippen LogP contribution in [0.2, 0.25) is 0 Å². The van der Waals surface area contributed by atoms with Gasteiger partial charge in [-0.15, -0.1) is 0 Å². The van der Waals surface area contributed by atoms with Gasteiger partial charge in [0.2, 0.25) is 5.91 Å². The van der Waals surface area contributed by atoms with Gasteiger partial charge in [-0.3, -0.25) is 9.59 Å². The lowest BCUT2D eigenvalue weighted by Crippen LogP contribution is -2.50. The molecular weight excluding hydrogens is 413 g/mol. The number of carbonyl (C=O) groups excluding carboxylic acids is 2. The molecule has 2 aliphatic heterocycles. The zero-order valence-electron chi connectivity index (χ0n) is 18.2. The highest BCUT2D eigenvalue weighted by Gasteiger charge is 2.36. The molecule has 2 atom stereocenters. The Morgan fingerprint density at radius 1 is 1.09 bits per heavy atom. The molecule has 2 aliphatic rings. The average molecular weight is 442 g/mol. The number of aromatic nitrogens is 1. The molecule has 7 nitrogen and oxygen atoms in total. The van der Waals surface area contributed by atoms with Crippen molar-refractivity contribution in [3.05, 3.63) is 59.7 Å². The number of morpholine rings is 1. The number of hydrogen-bond donors (Lipinski definition) is 0. The molecule has 170 valence electrons. The van der Waals surface area contributed by atoms with E-state index >= 15 is 0 Å². The van der Waals surface area contributed by atoms with E-state index in [9.17, 15) is 14.0 Å². The number of piperidine rings is 1. The Morgan fingerprint density at radius 3 is 2.56 bits per heavy atom. The first-order chi connectivity index (χ1) is 15.5. The lowest BCUT2D eigenvalue weighted by atomic mass is 9.90. The first-order valence-electron chi connectivity index (χ1n) is 11.0. The predicted molar refractivity (Wildman–Crippen MR) is 116 cm³/mol. The third kappa shape index (κ3) is 5.43. The Kier molecular flexibility index (Phi) is 6.99. The number of ether oxygens (including phenoxy) is 2. The average Bonchev–Trinajstić information content (AvgIpc) is 2.81. The Balaban J connectivity index is 1.49. The molecule has 0 radical (unpaired) electrons. The maximum Gasteiger partial charge on any atom is 0.272 e. The molecule has 0 aliphatic carbocycles. The van der Waals surface area contributed by atoms with Gasteiger partial charge in [0.05, 0.1) is 13.2 Å². The number of amides is 2. The van der Waals surface area contributed by atoms with Crippen molar-refractivity contribution >= 4 is 11.8 Å². The molecule has 2 aromatic rings. The van der Waals surface area contributed by atoms with E-state index < -0.39 is 0 Å². The molecule has 0 unspecified atom stereocenters. The molecule has 0 saturated carbocycles. The topological polar surface area (TPSA) is 72.0 Å². The highest BCUT2D eigenvalue weighted by atomic mass is 19.1. The molecule has 1 aromatic carbocycles. The maximum absolute atomic E-state index is 13.3. The number of rotatable bonds is 5. The van der Waals surface area contributed by atoms with E-state index in [2.05, 4.69) is 4.98 Å². The van der Waals surface area contributed by atoms with Gasteiger partial charge in [0.25, 0.3) is 5.91 Å². The first-order valence-corrected chi connectivity index (χ1v) is 11.0. The highest BCUT2D eigenvalue weighted by molar-refractivity contribution is 5.92. The summed E-state index contributed by atoms with van der Waals surface area (Å²) in [5.41, 5.74) is 1.19. The van der Waals surface area contributed by atoms with Crippen LogP contribution in [0.5, 0.6) is 5.75 Å². The van der Waals surface area contributed by atoms with Gasteiger partial charge in [-0.2, -0.15) is 0 Å². The largest absolute Gasteiger partial charge is 0.490 e. The summed E-state index contributed by atoms with van der Waals surface area (Å²) >= 11 is 0. The Hall–Kier alpha value is -3.00. The van der Waals surface area contributed by atoms with Gasteiger partial charge >= 0.3 is 0 Å². The second-order valence-corrected chi connectivity index (χ2v) is 8.27. The summed E-state index contributed by atoms with van der Waals surface area (Å²) in [6, 6.07) is 11.3. The van der Waals surface area contributed by atoms with E-state index in [4.69, 9.17) is 9.47 Å². The summed E-state index contributed by atoms with van der Waals surface area (Å²) in [5, 5.41) is 0. The Bertz CT molecular complexity index is 947. The van der Waals surface area contributed by atoms with Crippen LogP contribution in [-0.4, -0.2) is 72.1 Å². The van der Waals surface area contributed by atoms with Crippen LogP contribution in [0.15, 0.2) is 42.5 Å². The van der Waals surface area contributed by atoms with Crippen molar-refractivity contribution in [3.8, 4) is 5.75 Å². The molecule has 0 spiro atoms. The van der Waals surface area contributed by atoms with Crippen molar-refractivity contribution in [2.75, 3.05) is 39.4 Å². The molecule has 3 heterocycles. The van der Waals surface area contributed by atoms with Crippen molar-refractivity contribution in [2.24, 2.45) is 5.92 Å². The molecule has 2 amide bonds. The highest BCUT2D eigenvalue weighted by Crippen LogP contribution is 2.27. The summed E-state index contributed by atoms with van der Waals surface area (Å²) in [6.45, 7) is 4.98. The van der Waals surface area contributed by atoms with Gasteiger partial charge in [-0.25, -0.2) is 9.37 Å². The minimum Gasteiger partial charge on any atom is -0.490 e. The molecule has 2 saturated heterocycles. The fraction of sp³-hybridized carbons (Fsp3) is 0.458. The third-order valence-electron chi connectivity index (χ3n) is 5.96. The Morgan fingerprint density at radius 2 is 1.84 bits per heavy atom. The number of aryl methyl sites for hydroxylation is 1. The lowest BCUT2D eigenvalue weighted by molar-refractivity contribution is -0.137. The van der Waals surface area contributed by atoms with E-state index in [1.54, 1.807) is 28.0 Å². The fourth-order valence-electron chi connectivity index (χ4n) is 4.22. The Labute approximate surface area is 187 Å².